The predicted molar refractivity (Wildman–Crippen MR) is 158 cm³/mol. The van der Waals surface area contributed by atoms with E-state index in [2.05, 4.69) is 10.3 Å². The monoisotopic (exact) mass is 558 g/mol. The fraction of sp³-hybridized carbons (Fsp3) is 0.172. The number of aromatic nitrogens is 2. The number of thioether (sulfide) groups is 1. The number of hydrogen-bond acceptors (Lipinski definition) is 8. The van der Waals surface area contributed by atoms with Crippen molar-refractivity contribution in [1.82, 2.24) is 14.3 Å². The van der Waals surface area contributed by atoms with Gasteiger partial charge in [0.1, 0.15) is 21.5 Å². The molecule has 39 heavy (non-hydrogen) atoms. The standard InChI is InChI=1S/C29H26N4O4S2/c1-37-21-12-10-19(11-13-21)14-16-33-28(36)24(39-29(33)38)17-22-26(30-18-23(34)20-7-3-2-4-8-20)31-25-9-5-6-15-32(25)27(22)35/h2-13,15,17,23,30,34H,14,16,18H2,1H3/b24-17-/t23-/m0/s1. The van der Waals surface area contributed by atoms with Gasteiger partial charge >= 0.3 is 0 Å². The van der Waals surface area contributed by atoms with Gasteiger partial charge in [-0.15, -0.1) is 0 Å². The Balaban J connectivity index is 1.41. The van der Waals surface area contributed by atoms with E-state index in [1.54, 1.807) is 42.5 Å². The van der Waals surface area contributed by atoms with Crippen LogP contribution in [0.1, 0.15) is 22.8 Å². The Kier molecular flexibility index (Phi) is 8.06. The molecule has 2 aromatic heterocycles. The summed E-state index contributed by atoms with van der Waals surface area (Å²) in [5, 5.41) is 13.8. The van der Waals surface area contributed by atoms with Gasteiger partial charge in [-0.05, 0) is 47.9 Å². The number of pyridine rings is 1. The molecule has 2 aromatic carbocycles. The molecule has 1 fully saturated rings. The number of ether oxygens (including phenoxy) is 1. The van der Waals surface area contributed by atoms with E-state index in [0.29, 0.717) is 27.8 Å². The molecule has 4 aromatic rings. The fourth-order valence-electron chi connectivity index (χ4n) is 4.21. The average Bonchev–Trinajstić information content (AvgIpc) is 3.24. The molecule has 1 saturated heterocycles. The van der Waals surface area contributed by atoms with Crippen LogP contribution in [0, 0.1) is 0 Å². The normalized spacial score (nSPS) is 15.2. The zero-order chi connectivity index (χ0) is 27.4. The van der Waals surface area contributed by atoms with E-state index in [1.807, 2.05) is 54.6 Å². The highest BCUT2D eigenvalue weighted by atomic mass is 32.2. The van der Waals surface area contributed by atoms with Crippen LogP contribution >= 0.6 is 24.0 Å². The maximum atomic E-state index is 13.5. The summed E-state index contributed by atoms with van der Waals surface area (Å²) in [6.07, 6.45) is 2.98. The van der Waals surface area contributed by atoms with E-state index >= 15 is 0 Å². The Labute approximate surface area is 235 Å². The van der Waals surface area contributed by atoms with E-state index in [1.165, 1.54) is 4.40 Å². The zero-order valence-corrected chi connectivity index (χ0v) is 22.7. The van der Waals surface area contributed by atoms with Crippen LogP contribution in [0.25, 0.3) is 11.7 Å². The van der Waals surface area contributed by atoms with Crippen LogP contribution in [-0.4, -0.2) is 49.8 Å². The molecule has 8 nitrogen and oxygen atoms in total. The molecule has 2 N–H and O–H groups in total. The van der Waals surface area contributed by atoms with Gasteiger partial charge in [0.05, 0.1) is 23.7 Å². The van der Waals surface area contributed by atoms with Gasteiger partial charge in [-0.2, -0.15) is 0 Å². The van der Waals surface area contributed by atoms with Crippen molar-refractivity contribution in [2.45, 2.75) is 12.5 Å². The number of carbonyl (C=O) groups excluding carboxylic acids is 1. The molecule has 3 heterocycles. The molecule has 0 aliphatic carbocycles. The van der Waals surface area contributed by atoms with Gasteiger partial charge in [-0.3, -0.25) is 18.9 Å². The lowest BCUT2D eigenvalue weighted by Gasteiger charge is -2.15. The summed E-state index contributed by atoms with van der Waals surface area (Å²) in [7, 11) is 1.62. The van der Waals surface area contributed by atoms with Crippen molar-refractivity contribution < 1.29 is 14.6 Å². The van der Waals surface area contributed by atoms with Crippen LogP contribution in [0.15, 0.2) is 88.7 Å². The van der Waals surface area contributed by atoms with Gasteiger partial charge in [-0.1, -0.05) is 72.5 Å². The minimum atomic E-state index is -0.814. The van der Waals surface area contributed by atoms with Crippen molar-refractivity contribution in [3.05, 3.63) is 111 Å². The molecule has 0 unspecified atom stereocenters. The molecule has 0 bridgehead atoms. The van der Waals surface area contributed by atoms with Gasteiger partial charge in [0.15, 0.2) is 0 Å². The summed E-state index contributed by atoms with van der Waals surface area (Å²) >= 11 is 6.67. The largest absolute Gasteiger partial charge is 0.497 e. The minimum Gasteiger partial charge on any atom is -0.497 e. The number of anilines is 1. The molecule has 0 radical (unpaired) electrons. The lowest BCUT2D eigenvalue weighted by molar-refractivity contribution is -0.122. The number of methoxy groups -OCH3 is 1. The van der Waals surface area contributed by atoms with Crippen LogP contribution in [-0.2, 0) is 11.2 Å². The first kappa shape index (κ1) is 26.6. The van der Waals surface area contributed by atoms with Crippen LogP contribution in [0.3, 0.4) is 0 Å². The average molecular weight is 559 g/mol. The maximum absolute atomic E-state index is 13.5. The predicted octanol–water partition coefficient (Wildman–Crippen LogP) is 4.29. The van der Waals surface area contributed by atoms with E-state index in [9.17, 15) is 14.7 Å². The topological polar surface area (TPSA) is 96.2 Å². The number of benzene rings is 2. The summed E-state index contributed by atoms with van der Waals surface area (Å²) in [5.41, 5.74) is 2.12. The van der Waals surface area contributed by atoms with Crippen molar-refractivity contribution in [2.75, 3.05) is 25.5 Å². The minimum absolute atomic E-state index is 0.128. The molecule has 1 aliphatic rings. The highest BCUT2D eigenvalue weighted by molar-refractivity contribution is 8.26. The lowest BCUT2D eigenvalue weighted by Crippen LogP contribution is -2.30. The van der Waals surface area contributed by atoms with Crippen LogP contribution in [0.4, 0.5) is 5.82 Å². The number of aliphatic hydroxyl groups is 1. The van der Waals surface area contributed by atoms with Gasteiger partial charge in [0.25, 0.3) is 11.5 Å². The number of carbonyl (C=O) groups is 1. The third kappa shape index (κ3) is 5.88. The lowest BCUT2D eigenvalue weighted by atomic mass is 10.1. The van der Waals surface area contributed by atoms with E-state index in [-0.39, 0.29) is 29.4 Å². The van der Waals surface area contributed by atoms with Gasteiger partial charge in [0, 0.05) is 19.3 Å². The molecule has 1 aliphatic heterocycles. The van der Waals surface area contributed by atoms with Gasteiger partial charge in [-0.25, -0.2) is 4.98 Å². The summed E-state index contributed by atoms with van der Waals surface area (Å²) in [6.45, 7) is 0.542. The van der Waals surface area contributed by atoms with Crippen LogP contribution in [0.5, 0.6) is 5.75 Å². The van der Waals surface area contributed by atoms with Crippen molar-refractivity contribution in [3.8, 4) is 5.75 Å². The van der Waals surface area contributed by atoms with E-state index in [4.69, 9.17) is 17.0 Å². The molecular weight excluding hydrogens is 532 g/mol. The second-order valence-electron chi connectivity index (χ2n) is 8.85. The maximum Gasteiger partial charge on any atom is 0.267 e. The smallest absolute Gasteiger partial charge is 0.267 e. The summed E-state index contributed by atoms with van der Waals surface area (Å²) in [6, 6.07) is 22.1. The summed E-state index contributed by atoms with van der Waals surface area (Å²) in [4.78, 5) is 33.3. The second-order valence-corrected chi connectivity index (χ2v) is 10.5. The number of amides is 1. The number of hydrogen-bond donors (Lipinski definition) is 2. The first-order chi connectivity index (χ1) is 18.9. The first-order valence-electron chi connectivity index (χ1n) is 12.3. The molecule has 0 spiro atoms. The van der Waals surface area contributed by atoms with E-state index < -0.39 is 6.10 Å². The Morgan fingerprint density at radius 3 is 2.56 bits per heavy atom. The second kappa shape index (κ2) is 11.8. The van der Waals surface area contributed by atoms with E-state index in [0.717, 1.165) is 28.6 Å². The number of nitrogens with zero attached hydrogens (tertiary/aromatic N) is 3. The van der Waals surface area contributed by atoms with Crippen molar-refractivity contribution in [3.63, 3.8) is 0 Å². The SMILES string of the molecule is COc1ccc(CCN2C(=O)/C(=C/c3c(NC[C@H](O)c4ccccc4)nc4ccccn4c3=O)SC2=S)cc1. The molecule has 1 amide bonds. The molecule has 198 valence electrons. The van der Waals surface area contributed by atoms with Crippen LogP contribution in [0.2, 0.25) is 0 Å². The molecular formula is C29H26N4O4S2. The number of aliphatic hydroxyl groups excluding tert-OH is 1. The third-order valence-electron chi connectivity index (χ3n) is 6.35. The molecule has 10 heteroatoms. The Morgan fingerprint density at radius 2 is 1.82 bits per heavy atom. The highest BCUT2D eigenvalue weighted by Gasteiger charge is 2.32. The van der Waals surface area contributed by atoms with Crippen molar-refractivity contribution in [1.29, 1.82) is 0 Å². The number of nitrogens with one attached hydrogen (secondary N) is 1. The van der Waals surface area contributed by atoms with Crippen molar-refractivity contribution in [2.24, 2.45) is 0 Å². The highest BCUT2D eigenvalue weighted by Crippen LogP contribution is 2.33. The summed E-state index contributed by atoms with van der Waals surface area (Å²) in [5.74, 6) is 0.791. The number of thiocarbonyl (C=S) groups is 1. The fourth-order valence-corrected chi connectivity index (χ4v) is 5.50. The molecule has 5 rings (SSSR count). The Bertz CT molecular complexity index is 1600. The summed E-state index contributed by atoms with van der Waals surface area (Å²) < 4.78 is 7.06. The Hall–Kier alpha value is -3.99. The van der Waals surface area contributed by atoms with Crippen molar-refractivity contribution >= 4 is 51.7 Å². The van der Waals surface area contributed by atoms with Crippen LogP contribution < -0.4 is 15.6 Å². The van der Waals surface area contributed by atoms with Gasteiger partial charge in [0.2, 0.25) is 0 Å². The first-order valence-corrected chi connectivity index (χ1v) is 13.5. The number of rotatable bonds is 9. The third-order valence-corrected chi connectivity index (χ3v) is 7.73. The molecule has 0 saturated carbocycles. The Morgan fingerprint density at radius 1 is 1.08 bits per heavy atom. The number of fused-ring (bicyclic) bond motifs is 1. The van der Waals surface area contributed by atoms with Gasteiger partial charge < -0.3 is 15.2 Å². The quantitative estimate of drug-likeness (QED) is 0.232. The molecule has 1 atom stereocenters. The zero-order valence-electron chi connectivity index (χ0n) is 21.1.